The fraction of sp³-hybridized carbons (Fsp3) is 0.312. The highest BCUT2D eigenvalue weighted by atomic mass is 16.1. The molecule has 0 unspecified atom stereocenters. The van der Waals surface area contributed by atoms with Crippen molar-refractivity contribution in [2.24, 2.45) is 7.05 Å². The number of hydrogen-bond acceptors (Lipinski definition) is 1. The minimum absolute atomic E-state index is 0.0100. The Balaban J connectivity index is 1.91. The molecule has 0 bridgehead atoms. The summed E-state index contributed by atoms with van der Waals surface area (Å²) in [5, 5.41) is 2.97. The molecule has 1 amide bonds. The molecule has 1 N–H and O–H groups in total. The van der Waals surface area contributed by atoms with Gasteiger partial charge in [0.1, 0.15) is 5.69 Å². The molecular formula is C16H20N2O. The lowest BCUT2D eigenvalue weighted by Gasteiger charge is -2.08. The molecule has 0 saturated carbocycles. The first-order valence-electron chi connectivity index (χ1n) is 6.54. The Bertz CT molecular complexity index is 584. The second-order valence-corrected chi connectivity index (χ2v) is 4.85. The maximum atomic E-state index is 12.0. The van der Waals surface area contributed by atoms with Crippen molar-refractivity contribution < 1.29 is 4.79 Å². The van der Waals surface area contributed by atoms with Crippen molar-refractivity contribution in [1.29, 1.82) is 0 Å². The predicted octanol–water partition coefficient (Wildman–Crippen LogP) is 2.61. The highest BCUT2D eigenvalue weighted by Crippen LogP contribution is 2.08. The van der Waals surface area contributed by atoms with E-state index >= 15 is 0 Å². The Labute approximate surface area is 114 Å². The molecule has 1 heterocycles. The maximum Gasteiger partial charge on any atom is 0.267 e. The van der Waals surface area contributed by atoms with Crippen molar-refractivity contribution in [1.82, 2.24) is 9.88 Å². The fourth-order valence-corrected chi connectivity index (χ4v) is 2.13. The Kier molecular flexibility index (Phi) is 4.05. The van der Waals surface area contributed by atoms with Gasteiger partial charge in [-0.2, -0.15) is 0 Å². The van der Waals surface area contributed by atoms with Crippen molar-refractivity contribution in [3.05, 3.63) is 58.9 Å². The molecule has 0 aliphatic heterocycles. The van der Waals surface area contributed by atoms with Crippen LogP contribution in [0.4, 0.5) is 0 Å². The minimum Gasteiger partial charge on any atom is -0.350 e. The number of nitrogens with zero attached hydrogens (tertiary/aromatic N) is 1. The van der Waals surface area contributed by atoms with Crippen molar-refractivity contribution in [3.63, 3.8) is 0 Å². The predicted molar refractivity (Wildman–Crippen MR) is 77.4 cm³/mol. The van der Waals surface area contributed by atoms with Gasteiger partial charge >= 0.3 is 0 Å². The largest absolute Gasteiger partial charge is 0.350 e. The number of aromatic nitrogens is 1. The standard InChI is InChI=1S/C16H20N2O/c1-12-6-4-5-7-14(12)10-11-17-16(19)15-9-8-13(2)18(15)3/h4-9H,10-11H2,1-3H3,(H,17,19). The number of rotatable bonds is 4. The van der Waals surface area contributed by atoms with Crippen LogP contribution < -0.4 is 5.32 Å². The van der Waals surface area contributed by atoms with Crippen LogP contribution in [0.1, 0.15) is 27.3 Å². The van der Waals surface area contributed by atoms with Gasteiger partial charge in [-0.15, -0.1) is 0 Å². The van der Waals surface area contributed by atoms with Crippen LogP contribution in [-0.4, -0.2) is 17.0 Å². The van der Waals surface area contributed by atoms with Crippen molar-refractivity contribution in [2.75, 3.05) is 6.54 Å². The lowest BCUT2D eigenvalue weighted by Crippen LogP contribution is -2.27. The molecule has 1 aromatic carbocycles. The average Bonchev–Trinajstić information content (AvgIpc) is 2.72. The van der Waals surface area contributed by atoms with Gasteiger partial charge in [0.15, 0.2) is 0 Å². The summed E-state index contributed by atoms with van der Waals surface area (Å²) >= 11 is 0. The molecule has 0 radical (unpaired) electrons. The third-order valence-electron chi connectivity index (χ3n) is 3.55. The summed E-state index contributed by atoms with van der Waals surface area (Å²) in [5.41, 5.74) is 4.35. The summed E-state index contributed by atoms with van der Waals surface area (Å²) in [6, 6.07) is 12.1. The van der Waals surface area contributed by atoms with Gasteiger partial charge in [0.2, 0.25) is 0 Å². The number of hydrogen-bond donors (Lipinski definition) is 1. The maximum absolute atomic E-state index is 12.0. The Hall–Kier alpha value is -2.03. The van der Waals surface area contributed by atoms with Gasteiger partial charge in [-0.3, -0.25) is 4.79 Å². The van der Waals surface area contributed by atoms with Crippen LogP contribution in [0.3, 0.4) is 0 Å². The Morgan fingerprint density at radius 3 is 2.53 bits per heavy atom. The summed E-state index contributed by atoms with van der Waals surface area (Å²) in [6.07, 6.45) is 0.863. The number of carbonyl (C=O) groups is 1. The van der Waals surface area contributed by atoms with E-state index < -0.39 is 0 Å². The molecule has 1 aromatic heterocycles. The van der Waals surface area contributed by atoms with Crippen LogP contribution in [-0.2, 0) is 13.5 Å². The van der Waals surface area contributed by atoms with Gasteiger partial charge in [0, 0.05) is 19.3 Å². The highest BCUT2D eigenvalue weighted by Gasteiger charge is 2.10. The van der Waals surface area contributed by atoms with E-state index in [1.54, 1.807) is 0 Å². The summed E-state index contributed by atoms with van der Waals surface area (Å²) in [7, 11) is 1.91. The SMILES string of the molecule is Cc1ccccc1CCNC(=O)c1ccc(C)n1C. The molecule has 19 heavy (non-hydrogen) atoms. The lowest BCUT2D eigenvalue weighted by atomic mass is 10.1. The second kappa shape index (κ2) is 5.74. The van der Waals surface area contributed by atoms with E-state index in [1.165, 1.54) is 11.1 Å². The fourth-order valence-electron chi connectivity index (χ4n) is 2.13. The normalized spacial score (nSPS) is 10.5. The molecule has 0 atom stereocenters. The van der Waals surface area contributed by atoms with Crippen LogP contribution in [0.15, 0.2) is 36.4 Å². The van der Waals surface area contributed by atoms with Crippen LogP contribution in [0.5, 0.6) is 0 Å². The monoisotopic (exact) mass is 256 g/mol. The van der Waals surface area contributed by atoms with E-state index in [0.717, 1.165) is 12.1 Å². The van der Waals surface area contributed by atoms with Crippen LogP contribution in [0, 0.1) is 13.8 Å². The summed E-state index contributed by atoms with van der Waals surface area (Å²) < 4.78 is 1.91. The minimum atomic E-state index is -0.0100. The van der Waals surface area contributed by atoms with Crippen molar-refractivity contribution >= 4 is 5.91 Å². The highest BCUT2D eigenvalue weighted by molar-refractivity contribution is 5.92. The summed E-state index contributed by atoms with van der Waals surface area (Å²) in [5.74, 6) is -0.0100. The third kappa shape index (κ3) is 3.05. The molecule has 3 nitrogen and oxygen atoms in total. The van der Waals surface area contributed by atoms with Crippen molar-refractivity contribution in [3.8, 4) is 0 Å². The molecule has 0 aliphatic carbocycles. The van der Waals surface area contributed by atoms with E-state index in [-0.39, 0.29) is 5.91 Å². The first kappa shape index (κ1) is 13.4. The van der Waals surface area contributed by atoms with Gasteiger partial charge in [-0.1, -0.05) is 24.3 Å². The Morgan fingerprint density at radius 1 is 1.16 bits per heavy atom. The summed E-state index contributed by atoms with van der Waals surface area (Å²) in [4.78, 5) is 12.0. The first-order chi connectivity index (χ1) is 9.09. The van der Waals surface area contributed by atoms with E-state index in [2.05, 4.69) is 24.4 Å². The van der Waals surface area contributed by atoms with Gasteiger partial charge in [0.25, 0.3) is 5.91 Å². The molecule has 0 spiro atoms. The number of aryl methyl sites for hydroxylation is 2. The van der Waals surface area contributed by atoms with Gasteiger partial charge in [0.05, 0.1) is 0 Å². The number of nitrogens with one attached hydrogen (secondary N) is 1. The van der Waals surface area contributed by atoms with Crippen LogP contribution in [0.2, 0.25) is 0 Å². The smallest absolute Gasteiger partial charge is 0.267 e. The van der Waals surface area contributed by atoms with Crippen LogP contribution >= 0.6 is 0 Å². The zero-order valence-corrected chi connectivity index (χ0v) is 11.7. The van der Waals surface area contributed by atoms with E-state index in [4.69, 9.17) is 0 Å². The number of benzene rings is 1. The zero-order valence-electron chi connectivity index (χ0n) is 11.7. The molecule has 2 rings (SSSR count). The quantitative estimate of drug-likeness (QED) is 0.896. The van der Waals surface area contributed by atoms with E-state index in [0.29, 0.717) is 12.2 Å². The first-order valence-corrected chi connectivity index (χ1v) is 6.54. The molecular weight excluding hydrogens is 236 g/mol. The second-order valence-electron chi connectivity index (χ2n) is 4.85. The number of carbonyl (C=O) groups excluding carboxylic acids is 1. The van der Waals surface area contributed by atoms with Gasteiger partial charge < -0.3 is 9.88 Å². The lowest BCUT2D eigenvalue weighted by molar-refractivity contribution is 0.0946. The van der Waals surface area contributed by atoms with E-state index in [9.17, 15) is 4.79 Å². The number of amides is 1. The molecule has 0 saturated heterocycles. The van der Waals surface area contributed by atoms with Gasteiger partial charge in [-0.25, -0.2) is 0 Å². The Morgan fingerprint density at radius 2 is 1.89 bits per heavy atom. The van der Waals surface area contributed by atoms with E-state index in [1.807, 2.05) is 42.8 Å². The summed E-state index contributed by atoms with van der Waals surface area (Å²) in [6.45, 7) is 4.75. The van der Waals surface area contributed by atoms with Crippen molar-refractivity contribution in [2.45, 2.75) is 20.3 Å². The van der Waals surface area contributed by atoms with Crippen LogP contribution in [0.25, 0.3) is 0 Å². The molecule has 100 valence electrons. The van der Waals surface area contributed by atoms with Gasteiger partial charge in [-0.05, 0) is 43.5 Å². The molecule has 0 fully saturated rings. The zero-order chi connectivity index (χ0) is 13.8. The molecule has 3 heteroatoms. The molecule has 0 aliphatic rings. The third-order valence-corrected chi connectivity index (χ3v) is 3.55. The topological polar surface area (TPSA) is 34.0 Å². The average molecular weight is 256 g/mol. The molecule has 2 aromatic rings.